The molecule has 37 heavy (non-hydrogen) atoms. The maximum atomic E-state index is 10.3. The van der Waals surface area contributed by atoms with Crippen molar-refractivity contribution in [2.24, 2.45) is 5.11 Å². The third kappa shape index (κ3) is 9.40. The molecule has 16 heteroatoms. The van der Waals surface area contributed by atoms with Crippen molar-refractivity contribution < 1.29 is 59.4 Å². The summed E-state index contributed by atoms with van der Waals surface area (Å²) in [6, 6.07) is -0.291. The number of rotatable bonds is 16. The van der Waals surface area contributed by atoms with Gasteiger partial charge in [0.25, 0.3) is 0 Å². The summed E-state index contributed by atoms with van der Waals surface area (Å²) in [5.74, 6) is 0.984. The minimum absolute atomic E-state index is 0.151. The van der Waals surface area contributed by atoms with Crippen LogP contribution in [0.4, 0.5) is 0 Å². The van der Waals surface area contributed by atoms with E-state index in [1.54, 1.807) is 0 Å². The van der Waals surface area contributed by atoms with Gasteiger partial charge in [-0.3, -0.25) is 0 Å². The number of ether oxygens (including phenoxy) is 5. The zero-order chi connectivity index (χ0) is 27.4. The third-order valence-electron chi connectivity index (χ3n) is 6.18. The van der Waals surface area contributed by atoms with E-state index in [4.69, 9.17) is 29.2 Å². The van der Waals surface area contributed by atoms with E-state index in [-0.39, 0.29) is 19.3 Å². The highest BCUT2D eigenvalue weighted by molar-refractivity contribution is 7.99. The van der Waals surface area contributed by atoms with Gasteiger partial charge in [-0.25, -0.2) is 0 Å². The van der Waals surface area contributed by atoms with Crippen LogP contribution in [0.3, 0.4) is 0 Å². The number of aliphatic hydroxyl groups excluding tert-OH is 7. The van der Waals surface area contributed by atoms with Gasteiger partial charge in [-0.1, -0.05) is 11.5 Å². The topological polar surface area (TPSA) is 237 Å². The van der Waals surface area contributed by atoms with E-state index < -0.39 is 74.6 Å². The van der Waals surface area contributed by atoms with Gasteiger partial charge in [0.1, 0.15) is 48.8 Å². The second-order valence-corrected chi connectivity index (χ2v) is 9.93. The monoisotopic (exact) mass is 557 g/mol. The largest absolute Gasteiger partial charge is 0.394 e. The number of methoxy groups -OCH3 is 1. The maximum Gasteiger partial charge on any atom is 0.186 e. The van der Waals surface area contributed by atoms with Gasteiger partial charge >= 0.3 is 0 Å². The SMILES string of the molecule is CO[C@H]1O[C@H](CO)[C@@H](OCCCCC(CSCCO[C@H]2O[C@H](CO)[C@@H](O)[C@H](O)[C@H]2O)N=[N+]=[N-])[C@H](O)[C@H]1O. The molecule has 2 heterocycles. The van der Waals surface area contributed by atoms with Crippen molar-refractivity contribution in [3.8, 4) is 0 Å². The quantitative estimate of drug-likeness (QED) is 0.0464. The summed E-state index contributed by atoms with van der Waals surface area (Å²) < 4.78 is 26.7. The van der Waals surface area contributed by atoms with Crippen molar-refractivity contribution in [3.63, 3.8) is 0 Å². The Labute approximate surface area is 218 Å². The molecule has 0 aromatic rings. The highest BCUT2D eigenvalue weighted by Crippen LogP contribution is 2.25. The molecule has 2 saturated heterocycles. The first-order valence-electron chi connectivity index (χ1n) is 12.1. The van der Waals surface area contributed by atoms with Gasteiger partial charge in [0.15, 0.2) is 12.6 Å². The molecule has 0 spiro atoms. The molecule has 0 aromatic carbocycles. The zero-order valence-corrected chi connectivity index (χ0v) is 21.5. The first kappa shape index (κ1) is 32.4. The van der Waals surface area contributed by atoms with Crippen LogP contribution < -0.4 is 0 Å². The molecule has 0 amide bonds. The van der Waals surface area contributed by atoms with Crippen LogP contribution in [0.5, 0.6) is 0 Å². The van der Waals surface area contributed by atoms with Crippen molar-refractivity contribution in [1.29, 1.82) is 0 Å². The second-order valence-electron chi connectivity index (χ2n) is 8.78. The predicted octanol–water partition coefficient (Wildman–Crippen LogP) is -2.14. The fraction of sp³-hybridized carbons (Fsp3) is 1.00. The molecule has 216 valence electrons. The standard InChI is InChI=1S/C21H39N3O12S/c1-32-20-18(31)16(29)19(13(9-26)36-20)33-5-3-2-4-11(23-24-22)10-37-7-6-34-21-17(30)15(28)14(27)12(8-25)35-21/h11-21,25-31H,2-10H2,1H3/t11?,12-,13-,14-,15+,16-,17-,18-,19-,20+,21+/m1/s1. The number of aliphatic hydroxyl groups is 7. The van der Waals surface area contributed by atoms with Gasteiger partial charge in [-0.05, 0) is 18.4 Å². The Hall–Kier alpha value is -0.820. The lowest BCUT2D eigenvalue weighted by atomic mass is 9.99. The summed E-state index contributed by atoms with van der Waals surface area (Å²) in [5.41, 5.74) is 8.85. The van der Waals surface area contributed by atoms with Crippen LogP contribution in [0.25, 0.3) is 10.4 Å². The van der Waals surface area contributed by atoms with E-state index in [0.717, 1.165) is 0 Å². The molecule has 1 unspecified atom stereocenters. The highest BCUT2D eigenvalue weighted by Gasteiger charge is 2.45. The lowest BCUT2D eigenvalue weighted by molar-refractivity contribution is -0.301. The molecule has 2 fully saturated rings. The van der Waals surface area contributed by atoms with Gasteiger partial charge in [0.05, 0.1) is 19.8 Å². The fourth-order valence-corrected chi connectivity index (χ4v) is 4.94. The first-order valence-corrected chi connectivity index (χ1v) is 13.2. The molecule has 15 nitrogen and oxygen atoms in total. The number of nitrogens with zero attached hydrogens (tertiary/aromatic N) is 3. The number of unbranched alkanes of at least 4 members (excludes halogenated alkanes) is 1. The maximum absolute atomic E-state index is 10.3. The zero-order valence-electron chi connectivity index (χ0n) is 20.6. The summed E-state index contributed by atoms with van der Waals surface area (Å²) in [7, 11) is 1.32. The van der Waals surface area contributed by atoms with Crippen LogP contribution in [0, 0.1) is 0 Å². The van der Waals surface area contributed by atoms with E-state index in [9.17, 15) is 35.7 Å². The van der Waals surface area contributed by atoms with E-state index in [1.807, 2.05) is 0 Å². The molecule has 0 saturated carbocycles. The average Bonchev–Trinajstić information content (AvgIpc) is 2.90. The predicted molar refractivity (Wildman–Crippen MR) is 128 cm³/mol. The molecule has 0 bridgehead atoms. The molecule has 0 aliphatic carbocycles. The van der Waals surface area contributed by atoms with Crippen molar-refractivity contribution in [2.75, 3.05) is 45.0 Å². The molecule has 11 atom stereocenters. The number of hydrogen-bond donors (Lipinski definition) is 7. The molecule has 7 N–H and O–H groups in total. The molecule has 0 radical (unpaired) electrons. The Morgan fingerprint density at radius 3 is 2.19 bits per heavy atom. The summed E-state index contributed by atoms with van der Waals surface area (Å²) in [6.07, 6.45) is -10.2. The molecule has 2 aliphatic heterocycles. The smallest absolute Gasteiger partial charge is 0.186 e. The van der Waals surface area contributed by atoms with Crippen molar-refractivity contribution in [1.82, 2.24) is 0 Å². The van der Waals surface area contributed by atoms with E-state index in [2.05, 4.69) is 10.0 Å². The van der Waals surface area contributed by atoms with E-state index in [1.165, 1.54) is 18.9 Å². The lowest BCUT2D eigenvalue weighted by Gasteiger charge is -2.41. The molecule has 2 aliphatic rings. The van der Waals surface area contributed by atoms with E-state index >= 15 is 0 Å². The van der Waals surface area contributed by atoms with Crippen LogP contribution >= 0.6 is 11.8 Å². The molecular formula is C21H39N3O12S. The Morgan fingerprint density at radius 1 is 0.865 bits per heavy atom. The van der Waals surface area contributed by atoms with Crippen LogP contribution in [0.2, 0.25) is 0 Å². The number of thioether (sulfide) groups is 1. The minimum atomic E-state index is -1.50. The number of hydrogen-bond acceptors (Lipinski definition) is 14. The van der Waals surface area contributed by atoms with Crippen molar-refractivity contribution in [3.05, 3.63) is 10.4 Å². The van der Waals surface area contributed by atoms with Crippen molar-refractivity contribution in [2.45, 2.75) is 86.7 Å². The summed E-state index contributed by atoms with van der Waals surface area (Å²) >= 11 is 1.46. The molecular weight excluding hydrogens is 518 g/mol. The van der Waals surface area contributed by atoms with Crippen LogP contribution in [0.15, 0.2) is 5.11 Å². The van der Waals surface area contributed by atoms with Gasteiger partial charge in [-0.15, -0.1) is 0 Å². The molecule has 2 rings (SSSR count). The minimum Gasteiger partial charge on any atom is -0.394 e. The Morgan fingerprint density at radius 2 is 1.54 bits per heavy atom. The van der Waals surface area contributed by atoms with Gasteiger partial charge in [0.2, 0.25) is 0 Å². The normalized spacial score (nSPS) is 37.2. The first-order chi connectivity index (χ1) is 17.8. The third-order valence-corrected chi connectivity index (χ3v) is 7.25. The summed E-state index contributed by atoms with van der Waals surface area (Å²) in [5, 5.41) is 72.4. The second kappa shape index (κ2) is 17.0. The van der Waals surface area contributed by atoms with Crippen LogP contribution in [-0.2, 0) is 23.7 Å². The average molecular weight is 558 g/mol. The van der Waals surface area contributed by atoms with Crippen LogP contribution in [-0.4, -0.2) is 148 Å². The van der Waals surface area contributed by atoms with Gasteiger partial charge in [-0.2, -0.15) is 11.8 Å². The number of azide groups is 1. The highest BCUT2D eigenvalue weighted by atomic mass is 32.2. The summed E-state index contributed by atoms with van der Waals surface area (Å²) in [4.78, 5) is 2.88. The van der Waals surface area contributed by atoms with E-state index in [0.29, 0.717) is 30.8 Å². The Bertz CT molecular complexity index is 689. The Kier molecular flexibility index (Phi) is 14.9. The summed E-state index contributed by atoms with van der Waals surface area (Å²) in [6.45, 7) is -0.566. The van der Waals surface area contributed by atoms with Crippen LogP contribution in [0.1, 0.15) is 19.3 Å². The van der Waals surface area contributed by atoms with Gasteiger partial charge in [0, 0.05) is 36.2 Å². The lowest BCUT2D eigenvalue weighted by Crippen LogP contribution is -2.59. The van der Waals surface area contributed by atoms with Crippen molar-refractivity contribution >= 4 is 11.8 Å². The Balaban J connectivity index is 1.65. The van der Waals surface area contributed by atoms with Gasteiger partial charge < -0.3 is 59.4 Å². The fourth-order valence-electron chi connectivity index (χ4n) is 4.05. The molecule has 0 aromatic heterocycles.